The number of aryl methyl sites for hydroxylation is 1. The first-order chi connectivity index (χ1) is 12.1. The lowest BCUT2D eigenvalue weighted by atomic mass is 9.95. The standard InChI is InChI=1S/C20H31N3O2/c1-16-7-4-11-19(24)23(16)14-6-12-21-20(25)17-8-5-13-22(15-17)18-9-2-3-10-18/h4,7,11,17-18H,2-3,5-6,8-10,12-15H2,1H3,(H,21,25). The van der Waals surface area contributed by atoms with E-state index in [4.69, 9.17) is 0 Å². The van der Waals surface area contributed by atoms with Gasteiger partial charge in [0, 0.05) is 37.4 Å². The minimum atomic E-state index is 0.0332. The van der Waals surface area contributed by atoms with Gasteiger partial charge in [0.2, 0.25) is 5.91 Å². The molecule has 25 heavy (non-hydrogen) atoms. The van der Waals surface area contributed by atoms with Gasteiger partial charge in [-0.25, -0.2) is 0 Å². The third-order valence-electron chi connectivity index (χ3n) is 5.79. The number of carbonyl (C=O) groups is 1. The molecule has 2 fully saturated rings. The number of likely N-dealkylation sites (tertiary alicyclic amines) is 1. The number of hydrogen-bond acceptors (Lipinski definition) is 3. The van der Waals surface area contributed by atoms with Gasteiger partial charge in [0.15, 0.2) is 0 Å². The summed E-state index contributed by atoms with van der Waals surface area (Å²) in [6.45, 7) is 5.32. The molecule has 0 aromatic carbocycles. The zero-order valence-corrected chi connectivity index (χ0v) is 15.4. The monoisotopic (exact) mass is 345 g/mol. The van der Waals surface area contributed by atoms with Crippen LogP contribution in [0, 0.1) is 12.8 Å². The SMILES string of the molecule is Cc1cccc(=O)n1CCCNC(=O)C1CCCN(C2CCCC2)C1. The maximum Gasteiger partial charge on any atom is 0.250 e. The normalized spacial score (nSPS) is 22.2. The molecule has 0 spiro atoms. The Bertz CT molecular complexity index is 634. The van der Waals surface area contributed by atoms with Crippen molar-refractivity contribution in [2.45, 2.75) is 64.5 Å². The second kappa shape index (κ2) is 8.65. The van der Waals surface area contributed by atoms with Crippen LogP contribution in [0.3, 0.4) is 0 Å². The molecule has 1 aliphatic carbocycles. The van der Waals surface area contributed by atoms with Gasteiger partial charge in [-0.3, -0.25) is 14.5 Å². The summed E-state index contributed by atoms with van der Waals surface area (Å²) in [6, 6.07) is 6.03. The van der Waals surface area contributed by atoms with Crippen LogP contribution in [0.1, 0.15) is 50.6 Å². The average Bonchev–Trinajstić information content (AvgIpc) is 3.15. The fourth-order valence-electron chi connectivity index (χ4n) is 4.32. The topological polar surface area (TPSA) is 54.3 Å². The largest absolute Gasteiger partial charge is 0.356 e. The molecule has 1 aromatic rings. The Morgan fingerprint density at radius 3 is 2.76 bits per heavy atom. The molecule has 1 amide bonds. The van der Waals surface area contributed by atoms with Crippen LogP contribution in [0.2, 0.25) is 0 Å². The van der Waals surface area contributed by atoms with E-state index in [0.717, 1.165) is 38.0 Å². The predicted octanol–water partition coefficient (Wildman–Crippen LogP) is 2.32. The molecule has 5 nitrogen and oxygen atoms in total. The highest BCUT2D eigenvalue weighted by molar-refractivity contribution is 5.78. The second-order valence-corrected chi connectivity index (χ2v) is 7.57. The first-order valence-electron chi connectivity index (χ1n) is 9.83. The molecule has 3 rings (SSSR count). The highest BCUT2D eigenvalue weighted by Crippen LogP contribution is 2.27. The number of aromatic nitrogens is 1. The fraction of sp³-hybridized carbons (Fsp3) is 0.700. The van der Waals surface area contributed by atoms with Gasteiger partial charge in [-0.2, -0.15) is 0 Å². The van der Waals surface area contributed by atoms with Gasteiger partial charge in [-0.05, 0) is 51.6 Å². The minimum absolute atomic E-state index is 0.0332. The van der Waals surface area contributed by atoms with Crippen LogP contribution in [-0.2, 0) is 11.3 Å². The summed E-state index contributed by atoms with van der Waals surface area (Å²) in [5, 5.41) is 3.09. The van der Waals surface area contributed by atoms with Gasteiger partial charge in [0.1, 0.15) is 0 Å². The van der Waals surface area contributed by atoms with Crippen molar-refractivity contribution in [3.8, 4) is 0 Å². The number of nitrogens with one attached hydrogen (secondary N) is 1. The molecular weight excluding hydrogens is 314 g/mol. The van der Waals surface area contributed by atoms with Gasteiger partial charge in [-0.1, -0.05) is 18.9 Å². The van der Waals surface area contributed by atoms with Crippen molar-refractivity contribution >= 4 is 5.91 Å². The summed E-state index contributed by atoms with van der Waals surface area (Å²) in [5.74, 6) is 0.329. The minimum Gasteiger partial charge on any atom is -0.356 e. The van der Waals surface area contributed by atoms with Crippen molar-refractivity contribution < 1.29 is 4.79 Å². The van der Waals surface area contributed by atoms with Crippen LogP contribution < -0.4 is 10.9 Å². The summed E-state index contributed by atoms with van der Waals surface area (Å²) < 4.78 is 1.77. The molecule has 5 heteroatoms. The smallest absolute Gasteiger partial charge is 0.250 e. The second-order valence-electron chi connectivity index (χ2n) is 7.57. The van der Waals surface area contributed by atoms with Crippen LogP contribution in [0.5, 0.6) is 0 Å². The quantitative estimate of drug-likeness (QED) is 0.805. The Morgan fingerprint density at radius 1 is 1.20 bits per heavy atom. The van der Waals surface area contributed by atoms with Crippen molar-refractivity contribution in [3.63, 3.8) is 0 Å². The van der Waals surface area contributed by atoms with Crippen molar-refractivity contribution in [1.82, 2.24) is 14.8 Å². The Balaban J connectivity index is 1.42. The molecule has 1 saturated carbocycles. The lowest BCUT2D eigenvalue weighted by molar-refractivity contribution is -0.127. The molecule has 138 valence electrons. The van der Waals surface area contributed by atoms with Crippen molar-refractivity contribution in [1.29, 1.82) is 0 Å². The van der Waals surface area contributed by atoms with Crippen LogP contribution in [0.15, 0.2) is 23.0 Å². The van der Waals surface area contributed by atoms with Crippen LogP contribution in [0.25, 0.3) is 0 Å². The van der Waals surface area contributed by atoms with E-state index in [1.54, 1.807) is 16.7 Å². The maximum absolute atomic E-state index is 12.5. The van der Waals surface area contributed by atoms with Gasteiger partial charge < -0.3 is 9.88 Å². The van der Waals surface area contributed by atoms with Crippen molar-refractivity contribution in [2.75, 3.05) is 19.6 Å². The fourth-order valence-corrected chi connectivity index (χ4v) is 4.32. The summed E-state index contributed by atoms with van der Waals surface area (Å²) in [7, 11) is 0. The van der Waals surface area contributed by atoms with E-state index in [9.17, 15) is 9.59 Å². The zero-order valence-electron chi connectivity index (χ0n) is 15.4. The number of amides is 1. The Kier molecular flexibility index (Phi) is 6.29. The number of pyridine rings is 1. The lowest BCUT2D eigenvalue weighted by Gasteiger charge is -2.36. The molecule has 1 unspecified atom stereocenters. The van der Waals surface area contributed by atoms with Gasteiger partial charge in [0.05, 0.1) is 5.92 Å². The van der Waals surface area contributed by atoms with Crippen LogP contribution in [0.4, 0.5) is 0 Å². The average molecular weight is 345 g/mol. The first kappa shape index (κ1) is 18.2. The van der Waals surface area contributed by atoms with Crippen LogP contribution >= 0.6 is 0 Å². The third-order valence-corrected chi connectivity index (χ3v) is 5.79. The van der Waals surface area contributed by atoms with E-state index < -0.39 is 0 Å². The molecular formula is C20H31N3O2. The highest BCUT2D eigenvalue weighted by Gasteiger charge is 2.30. The molecule has 1 N–H and O–H groups in total. The summed E-state index contributed by atoms with van der Waals surface area (Å²) in [4.78, 5) is 26.9. The number of carbonyl (C=O) groups excluding carboxylic acids is 1. The Labute approximate surface area is 150 Å². The molecule has 1 aromatic heterocycles. The zero-order chi connectivity index (χ0) is 17.6. The summed E-state index contributed by atoms with van der Waals surface area (Å²) >= 11 is 0. The van der Waals surface area contributed by atoms with Crippen molar-refractivity contribution in [2.24, 2.45) is 5.92 Å². The van der Waals surface area contributed by atoms with Gasteiger partial charge in [0.25, 0.3) is 5.56 Å². The number of rotatable bonds is 6. The molecule has 2 aliphatic rings. The van der Waals surface area contributed by atoms with E-state index in [0.29, 0.717) is 19.1 Å². The summed E-state index contributed by atoms with van der Waals surface area (Å²) in [5.41, 5.74) is 1.00. The maximum atomic E-state index is 12.5. The van der Waals surface area contributed by atoms with Gasteiger partial charge >= 0.3 is 0 Å². The number of hydrogen-bond donors (Lipinski definition) is 1. The predicted molar refractivity (Wildman–Crippen MR) is 99.6 cm³/mol. The van der Waals surface area contributed by atoms with E-state index in [1.807, 2.05) is 13.0 Å². The van der Waals surface area contributed by atoms with Crippen LogP contribution in [-0.4, -0.2) is 41.1 Å². The number of piperidine rings is 1. The van der Waals surface area contributed by atoms with E-state index >= 15 is 0 Å². The molecule has 0 bridgehead atoms. The van der Waals surface area contributed by atoms with E-state index in [1.165, 1.54) is 25.7 Å². The molecule has 1 aliphatic heterocycles. The molecule has 1 atom stereocenters. The van der Waals surface area contributed by atoms with Gasteiger partial charge in [-0.15, -0.1) is 0 Å². The Hall–Kier alpha value is -1.62. The highest BCUT2D eigenvalue weighted by atomic mass is 16.2. The third kappa shape index (κ3) is 4.72. The molecule has 1 saturated heterocycles. The van der Waals surface area contributed by atoms with E-state index in [-0.39, 0.29) is 17.4 Å². The van der Waals surface area contributed by atoms with E-state index in [2.05, 4.69) is 10.2 Å². The molecule has 2 heterocycles. The summed E-state index contributed by atoms with van der Waals surface area (Å²) in [6.07, 6.45) is 8.22. The first-order valence-corrected chi connectivity index (χ1v) is 9.83. The lowest BCUT2D eigenvalue weighted by Crippen LogP contribution is -2.46. The number of nitrogens with zero attached hydrogens (tertiary/aromatic N) is 2. The van der Waals surface area contributed by atoms with Crippen molar-refractivity contribution in [3.05, 3.63) is 34.2 Å². The Morgan fingerprint density at radius 2 is 2.00 bits per heavy atom. The molecule has 0 radical (unpaired) electrons.